The molecule has 0 unspecified atom stereocenters. The summed E-state index contributed by atoms with van der Waals surface area (Å²) in [5, 5.41) is 19.1. The number of amides is 7. The molecule has 71 heavy (non-hydrogen) atoms. The van der Waals surface area contributed by atoms with Crippen molar-refractivity contribution in [3.05, 3.63) is 0 Å². The van der Waals surface area contributed by atoms with Gasteiger partial charge in [0.25, 0.3) is 0 Å². The molecule has 9 N–H and O–H groups in total. The summed E-state index contributed by atoms with van der Waals surface area (Å²) >= 11 is 0. The number of alkyl carbamates (subject to hydrolysis) is 2. The molecule has 0 saturated carbocycles. The van der Waals surface area contributed by atoms with Crippen molar-refractivity contribution < 1.29 is 67.1 Å². The Bertz CT molecular complexity index is 1570. The standard InChI is InChI=1S/C17H31N3O5.C12H23N3O3.C11H21NO4.C6H12N2O2.CH4.ClH/c1-6-12(2)14(19-16(23)25-17(3,4)5)15(22)18-11-13(21)20-7-9-24-10-8-20;1-3-9(2)11(13)12(17)14-8-10(16)15-4-6-18-7-5-15;1-6-7(2)8(9(13)14)12-10(15)16-11(3,4)5;7-5-6(9)8-1-3-10-4-2-8;;/h12,14H,6-11H2,1-5H3,(H,18,22)(H,19,23);9,11H,3-8,13H2,1-2H3,(H,14,17);7-8H,6H2,1-5H3,(H,12,15)(H,13,14);1-5,7H2;1H4;1H/t12-,14-;9-,11-;7-,8-;;;/m000.../s1. The van der Waals surface area contributed by atoms with E-state index in [0.29, 0.717) is 91.8 Å². The number of carbonyl (C=O) groups is 8. The van der Waals surface area contributed by atoms with Gasteiger partial charge in [0.15, 0.2) is 0 Å². The van der Waals surface area contributed by atoms with Crippen LogP contribution in [0.3, 0.4) is 0 Å². The lowest BCUT2D eigenvalue weighted by molar-refractivity contribution is -0.141. The Kier molecular flexibility index (Phi) is 37.1. The number of carbonyl (C=O) groups excluding carboxylic acids is 7. The number of carboxylic acids is 1. The van der Waals surface area contributed by atoms with Crippen LogP contribution in [-0.4, -0.2) is 195 Å². The molecule has 416 valence electrons. The fraction of sp³-hybridized carbons (Fsp3) is 0.830. The average molecular weight is 1040 g/mol. The number of aliphatic carboxylic acids is 1. The van der Waals surface area contributed by atoms with Crippen molar-refractivity contribution in [3.63, 3.8) is 0 Å². The number of hydrogen-bond acceptors (Lipinski definition) is 15. The van der Waals surface area contributed by atoms with Gasteiger partial charge in [-0.25, -0.2) is 14.4 Å². The highest BCUT2D eigenvalue weighted by molar-refractivity contribution is 5.90. The number of rotatable bonds is 16. The van der Waals surface area contributed by atoms with Crippen LogP contribution in [0.1, 0.15) is 110 Å². The molecular formula is C47H92ClN9O14. The summed E-state index contributed by atoms with van der Waals surface area (Å²) in [6, 6.07) is -2.20. The van der Waals surface area contributed by atoms with Crippen molar-refractivity contribution in [3.8, 4) is 0 Å². The van der Waals surface area contributed by atoms with Crippen LogP contribution < -0.4 is 32.7 Å². The van der Waals surface area contributed by atoms with Gasteiger partial charge in [-0.2, -0.15) is 0 Å². The third kappa shape index (κ3) is 31.5. The Hall–Kier alpha value is -4.55. The molecule has 0 aromatic carbocycles. The summed E-state index contributed by atoms with van der Waals surface area (Å²) < 4.78 is 25.6. The van der Waals surface area contributed by atoms with E-state index in [9.17, 15) is 38.4 Å². The lowest BCUT2D eigenvalue weighted by Crippen LogP contribution is -2.53. The molecule has 6 atom stereocenters. The Morgan fingerprint density at radius 2 is 0.873 bits per heavy atom. The highest BCUT2D eigenvalue weighted by atomic mass is 35.5. The van der Waals surface area contributed by atoms with Gasteiger partial charge in [0.2, 0.25) is 29.5 Å². The molecule has 3 heterocycles. The lowest BCUT2D eigenvalue weighted by Gasteiger charge is -2.28. The molecule has 3 aliphatic rings. The average Bonchev–Trinajstić information content (AvgIpc) is 3.32. The van der Waals surface area contributed by atoms with Gasteiger partial charge in [-0.15, -0.1) is 12.4 Å². The van der Waals surface area contributed by atoms with Crippen LogP contribution in [0, 0.1) is 17.8 Å². The second-order valence-electron chi connectivity index (χ2n) is 18.9. The first-order valence-corrected chi connectivity index (χ1v) is 24.0. The number of morpholine rings is 3. The fourth-order valence-corrected chi connectivity index (χ4v) is 6.11. The molecule has 0 spiro atoms. The van der Waals surface area contributed by atoms with Gasteiger partial charge in [-0.05, 0) is 59.3 Å². The van der Waals surface area contributed by atoms with Crippen molar-refractivity contribution >= 4 is 60.1 Å². The van der Waals surface area contributed by atoms with E-state index < -0.39 is 47.5 Å². The minimum atomic E-state index is -1.04. The number of nitrogens with two attached hydrogens (primary N) is 2. The number of nitrogens with zero attached hydrogens (tertiary/aromatic N) is 3. The van der Waals surface area contributed by atoms with Gasteiger partial charge >= 0.3 is 18.2 Å². The van der Waals surface area contributed by atoms with Gasteiger partial charge in [0.05, 0.1) is 65.3 Å². The van der Waals surface area contributed by atoms with E-state index in [1.807, 2.05) is 34.6 Å². The third-order valence-electron chi connectivity index (χ3n) is 11.0. The number of carboxylic acid groups (broad SMARTS) is 1. The second kappa shape index (κ2) is 37.2. The van der Waals surface area contributed by atoms with Crippen LogP contribution >= 0.6 is 12.4 Å². The van der Waals surface area contributed by atoms with Crippen molar-refractivity contribution in [1.82, 2.24) is 36.0 Å². The van der Waals surface area contributed by atoms with Crippen LogP contribution in [0.4, 0.5) is 9.59 Å². The molecule has 3 fully saturated rings. The summed E-state index contributed by atoms with van der Waals surface area (Å²) in [6.07, 6.45) is 0.872. The monoisotopic (exact) mass is 1040 g/mol. The van der Waals surface area contributed by atoms with Crippen LogP contribution in [-0.2, 0) is 52.5 Å². The molecular weight excluding hydrogens is 950 g/mol. The van der Waals surface area contributed by atoms with E-state index in [1.165, 1.54) is 0 Å². The topological polar surface area (TPSA) is 313 Å². The summed E-state index contributed by atoms with van der Waals surface area (Å²) in [5.41, 5.74) is 9.68. The number of halogens is 1. The van der Waals surface area contributed by atoms with Crippen LogP contribution in [0.2, 0.25) is 0 Å². The Morgan fingerprint density at radius 1 is 0.563 bits per heavy atom. The van der Waals surface area contributed by atoms with Crippen LogP contribution in [0.15, 0.2) is 0 Å². The normalized spacial score (nSPS) is 17.1. The Morgan fingerprint density at radius 3 is 1.18 bits per heavy atom. The van der Waals surface area contributed by atoms with Crippen LogP contribution in [0.5, 0.6) is 0 Å². The summed E-state index contributed by atoms with van der Waals surface area (Å²) in [5.74, 6) is -2.02. The highest BCUT2D eigenvalue weighted by Crippen LogP contribution is 2.13. The highest BCUT2D eigenvalue weighted by Gasteiger charge is 2.30. The summed E-state index contributed by atoms with van der Waals surface area (Å²) in [4.78, 5) is 98.3. The van der Waals surface area contributed by atoms with E-state index in [4.69, 9.17) is 40.3 Å². The van der Waals surface area contributed by atoms with E-state index in [-0.39, 0.29) is 86.8 Å². The molecule has 3 saturated heterocycles. The molecule has 0 aliphatic carbocycles. The minimum Gasteiger partial charge on any atom is -0.480 e. The Balaban J connectivity index is -0.000000897. The van der Waals surface area contributed by atoms with Gasteiger partial charge in [-0.1, -0.05) is 68.2 Å². The van der Waals surface area contributed by atoms with Gasteiger partial charge in [0, 0.05) is 39.3 Å². The minimum absolute atomic E-state index is 0. The third-order valence-corrected chi connectivity index (χ3v) is 11.0. The van der Waals surface area contributed by atoms with Crippen molar-refractivity contribution in [2.75, 3.05) is 98.5 Å². The maximum Gasteiger partial charge on any atom is 0.408 e. The summed E-state index contributed by atoms with van der Waals surface area (Å²) in [7, 11) is 0. The first-order valence-electron chi connectivity index (χ1n) is 24.0. The smallest absolute Gasteiger partial charge is 0.408 e. The molecule has 7 amide bonds. The van der Waals surface area contributed by atoms with E-state index in [0.717, 1.165) is 6.42 Å². The molecule has 23 nitrogen and oxygen atoms in total. The summed E-state index contributed by atoms with van der Waals surface area (Å²) in [6.45, 7) is 28.9. The molecule has 3 rings (SSSR count). The van der Waals surface area contributed by atoms with E-state index >= 15 is 0 Å². The predicted octanol–water partition coefficient (Wildman–Crippen LogP) is 2.11. The zero-order valence-electron chi connectivity index (χ0n) is 43.9. The number of hydrogen-bond donors (Lipinski definition) is 7. The van der Waals surface area contributed by atoms with Gasteiger partial charge in [0.1, 0.15) is 23.3 Å². The maximum atomic E-state index is 12.5. The molecule has 3 aliphatic heterocycles. The zero-order valence-corrected chi connectivity index (χ0v) is 44.7. The van der Waals surface area contributed by atoms with Crippen molar-refractivity contribution in [2.24, 2.45) is 29.2 Å². The van der Waals surface area contributed by atoms with Crippen molar-refractivity contribution in [1.29, 1.82) is 0 Å². The molecule has 0 radical (unpaired) electrons. The quantitative estimate of drug-likeness (QED) is 0.116. The number of ether oxygens (including phenoxy) is 5. The van der Waals surface area contributed by atoms with E-state index in [1.54, 1.807) is 63.2 Å². The van der Waals surface area contributed by atoms with Gasteiger partial charge in [-0.3, -0.25) is 24.0 Å². The van der Waals surface area contributed by atoms with Crippen molar-refractivity contribution in [2.45, 2.75) is 139 Å². The van der Waals surface area contributed by atoms with Crippen LogP contribution in [0.25, 0.3) is 0 Å². The first kappa shape index (κ1) is 70.7. The predicted molar refractivity (Wildman–Crippen MR) is 272 cm³/mol. The lowest BCUT2D eigenvalue weighted by atomic mass is 9.98. The SMILES string of the molecule is C.CC[C@H](C)[C@H](N)C(=O)NCC(=O)N1CCOCC1.CC[C@H](C)[C@H](NC(=O)OC(C)(C)C)C(=O)NCC(=O)N1CCOCC1.CC[C@H](C)[C@H](NC(=O)OC(C)(C)C)C(=O)O.Cl.NCC(=O)N1CCOCC1. The van der Waals surface area contributed by atoms with E-state index in [2.05, 4.69) is 21.3 Å². The molecule has 0 aromatic heterocycles. The molecule has 0 aromatic rings. The molecule has 0 bridgehead atoms. The Labute approximate surface area is 428 Å². The maximum absolute atomic E-state index is 12.5. The fourth-order valence-electron chi connectivity index (χ4n) is 6.11. The second-order valence-corrected chi connectivity index (χ2v) is 18.9. The largest absolute Gasteiger partial charge is 0.480 e. The first-order chi connectivity index (χ1) is 32.2. The zero-order chi connectivity index (χ0) is 52.9. The number of nitrogens with one attached hydrogen (secondary N) is 4. The van der Waals surface area contributed by atoms with Gasteiger partial charge < -0.3 is 76.2 Å². The molecule has 24 heteroatoms.